The van der Waals surface area contributed by atoms with Crippen molar-refractivity contribution in [1.82, 2.24) is 34.8 Å². The van der Waals surface area contributed by atoms with Gasteiger partial charge in [0.25, 0.3) is 0 Å². The number of aromatic amines is 1. The second-order valence-corrected chi connectivity index (χ2v) is 13.6. The molecule has 0 aromatic carbocycles. The van der Waals surface area contributed by atoms with Crippen LogP contribution in [0.2, 0.25) is 0 Å². The van der Waals surface area contributed by atoms with Gasteiger partial charge in [0, 0.05) is 63.4 Å². The molecule has 0 bridgehead atoms. The van der Waals surface area contributed by atoms with Crippen molar-refractivity contribution in [1.29, 1.82) is 0 Å². The van der Waals surface area contributed by atoms with Crippen LogP contribution in [0.15, 0.2) is 30.6 Å². The van der Waals surface area contributed by atoms with Crippen LogP contribution in [-0.4, -0.2) is 112 Å². The Bertz CT molecular complexity index is 1820. The van der Waals surface area contributed by atoms with E-state index in [1.807, 2.05) is 18.9 Å². The fourth-order valence-corrected chi connectivity index (χ4v) is 7.41. The van der Waals surface area contributed by atoms with Crippen molar-refractivity contribution < 1.29 is 32.5 Å². The number of aliphatic carboxylic acids is 1. The van der Waals surface area contributed by atoms with Crippen LogP contribution in [-0.2, 0) is 15.7 Å². The summed E-state index contributed by atoms with van der Waals surface area (Å²) < 4.78 is 53.0. The molecular formula is C35H44F3N9O4. The summed E-state index contributed by atoms with van der Waals surface area (Å²) in [7, 11) is 3.68. The number of carbonyl (C=O) groups is 1. The molecule has 1 saturated carbocycles. The van der Waals surface area contributed by atoms with Crippen LogP contribution in [0.4, 0.5) is 24.7 Å². The molecule has 1 atom stereocenters. The van der Waals surface area contributed by atoms with E-state index in [1.54, 1.807) is 32.5 Å². The van der Waals surface area contributed by atoms with Crippen molar-refractivity contribution in [2.24, 2.45) is 5.41 Å². The smallest absolute Gasteiger partial charge is 0.433 e. The van der Waals surface area contributed by atoms with Crippen molar-refractivity contribution in [2.45, 2.75) is 58.2 Å². The average Bonchev–Trinajstić information content (AvgIpc) is 3.52. The average molecular weight is 712 g/mol. The Morgan fingerprint density at radius 1 is 1.08 bits per heavy atom. The standard InChI is InChI=1S/C35H44F3N9O4/c1-5-51-29-14-23(13-27(42-29)35(36,37)38)24-15-26(45(3)20-34(21-50-4)9-7-6-8-10-34)31-33(41-24)44-32(43-31)25-16-40-28(17-39-25)47-12-11-46(18-22(47)2)19-30(48)49/h13-17,22H,5-12,18-21H2,1-4H3,(H,48,49)(H,41,43,44)/t22-/m1/s1. The van der Waals surface area contributed by atoms with Gasteiger partial charge in [-0.2, -0.15) is 13.2 Å². The first-order chi connectivity index (χ1) is 24.4. The Kier molecular flexibility index (Phi) is 10.6. The van der Waals surface area contributed by atoms with E-state index in [9.17, 15) is 23.1 Å². The number of fused-ring (bicyclic) bond motifs is 1. The maximum atomic E-state index is 13.9. The number of methoxy groups -OCH3 is 1. The fourth-order valence-electron chi connectivity index (χ4n) is 7.41. The van der Waals surface area contributed by atoms with Gasteiger partial charge in [0.1, 0.15) is 22.7 Å². The number of nitrogens with one attached hydrogen (secondary N) is 1. The Hall–Kier alpha value is -4.57. The normalized spacial score (nSPS) is 18.3. The van der Waals surface area contributed by atoms with E-state index >= 15 is 0 Å². The van der Waals surface area contributed by atoms with E-state index in [0.717, 1.165) is 37.4 Å². The fraction of sp³-hybridized carbons (Fsp3) is 0.543. The van der Waals surface area contributed by atoms with Crippen molar-refractivity contribution in [3.05, 3.63) is 36.3 Å². The molecule has 5 heterocycles. The first-order valence-corrected chi connectivity index (χ1v) is 17.2. The van der Waals surface area contributed by atoms with Crippen LogP contribution in [0.25, 0.3) is 33.9 Å². The quantitative estimate of drug-likeness (QED) is 0.191. The maximum Gasteiger partial charge on any atom is 0.433 e. The van der Waals surface area contributed by atoms with Gasteiger partial charge in [0.2, 0.25) is 5.88 Å². The number of carboxylic acids is 1. The third-order valence-electron chi connectivity index (χ3n) is 9.72. The van der Waals surface area contributed by atoms with Gasteiger partial charge in [-0.3, -0.25) is 9.69 Å². The van der Waals surface area contributed by atoms with Gasteiger partial charge in [-0.1, -0.05) is 19.3 Å². The molecule has 16 heteroatoms. The summed E-state index contributed by atoms with van der Waals surface area (Å²) in [6, 6.07) is 4.25. The van der Waals surface area contributed by atoms with Crippen molar-refractivity contribution in [2.75, 3.05) is 69.9 Å². The number of halogens is 3. The number of aromatic nitrogens is 6. The molecule has 2 N–H and O–H groups in total. The molecule has 2 fully saturated rings. The molecule has 1 saturated heterocycles. The lowest BCUT2D eigenvalue weighted by atomic mass is 9.74. The highest BCUT2D eigenvalue weighted by molar-refractivity contribution is 5.91. The summed E-state index contributed by atoms with van der Waals surface area (Å²) in [5.41, 5.74) is 1.45. The predicted octanol–water partition coefficient (Wildman–Crippen LogP) is 5.52. The molecule has 1 aliphatic heterocycles. The lowest BCUT2D eigenvalue weighted by Gasteiger charge is -2.40. The van der Waals surface area contributed by atoms with Crippen LogP contribution in [0.5, 0.6) is 5.88 Å². The molecule has 0 amide bonds. The second-order valence-electron chi connectivity index (χ2n) is 13.6. The van der Waals surface area contributed by atoms with Crippen LogP contribution >= 0.6 is 0 Å². The molecule has 13 nitrogen and oxygen atoms in total. The van der Waals surface area contributed by atoms with Gasteiger partial charge < -0.3 is 29.4 Å². The van der Waals surface area contributed by atoms with Crippen molar-refractivity contribution in [3.63, 3.8) is 0 Å². The van der Waals surface area contributed by atoms with Gasteiger partial charge in [-0.25, -0.2) is 24.9 Å². The number of ether oxygens (including phenoxy) is 2. The van der Waals surface area contributed by atoms with Crippen molar-refractivity contribution >= 4 is 28.6 Å². The topological polar surface area (TPSA) is 146 Å². The molecular weight excluding hydrogens is 667 g/mol. The number of carboxylic acid groups (broad SMARTS) is 1. The van der Waals surface area contributed by atoms with E-state index in [2.05, 4.69) is 29.7 Å². The van der Waals surface area contributed by atoms with E-state index in [4.69, 9.17) is 19.4 Å². The van der Waals surface area contributed by atoms with Gasteiger partial charge >= 0.3 is 12.1 Å². The largest absolute Gasteiger partial charge is 0.480 e. The Balaban J connectivity index is 1.38. The van der Waals surface area contributed by atoms with Gasteiger partial charge in [-0.15, -0.1) is 0 Å². The minimum atomic E-state index is -4.69. The summed E-state index contributed by atoms with van der Waals surface area (Å²) in [6.07, 6.45) is 3.99. The Morgan fingerprint density at radius 2 is 1.86 bits per heavy atom. The minimum Gasteiger partial charge on any atom is -0.480 e. The Labute approximate surface area is 294 Å². The maximum absolute atomic E-state index is 13.9. The first kappa shape index (κ1) is 36.2. The van der Waals surface area contributed by atoms with E-state index < -0.39 is 17.8 Å². The molecule has 6 rings (SSSR count). The molecule has 4 aromatic heterocycles. The van der Waals surface area contributed by atoms with Gasteiger partial charge in [0.05, 0.1) is 43.5 Å². The predicted molar refractivity (Wildman–Crippen MR) is 186 cm³/mol. The molecule has 4 aromatic rings. The number of rotatable bonds is 12. The number of hydrogen-bond donors (Lipinski definition) is 2. The number of imidazole rings is 1. The highest BCUT2D eigenvalue weighted by atomic mass is 19.4. The summed E-state index contributed by atoms with van der Waals surface area (Å²) in [5, 5.41) is 9.18. The highest BCUT2D eigenvalue weighted by Gasteiger charge is 2.36. The minimum absolute atomic E-state index is 0.00647. The molecule has 0 unspecified atom stereocenters. The van der Waals surface area contributed by atoms with Crippen LogP contribution in [0.1, 0.15) is 51.6 Å². The summed E-state index contributed by atoms with van der Waals surface area (Å²) in [4.78, 5) is 43.2. The van der Waals surface area contributed by atoms with Crippen molar-refractivity contribution in [3.8, 4) is 28.7 Å². The molecule has 2 aliphatic rings. The molecule has 0 radical (unpaired) electrons. The van der Waals surface area contributed by atoms with Crippen LogP contribution in [0.3, 0.4) is 0 Å². The van der Waals surface area contributed by atoms with E-state index in [0.29, 0.717) is 61.3 Å². The molecule has 0 spiro atoms. The lowest BCUT2D eigenvalue weighted by molar-refractivity contribution is -0.141. The number of anilines is 2. The highest BCUT2D eigenvalue weighted by Crippen LogP contribution is 2.40. The van der Waals surface area contributed by atoms with Gasteiger partial charge in [-0.05, 0) is 38.8 Å². The Morgan fingerprint density at radius 3 is 2.51 bits per heavy atom. The van der Waals surface area contributed by atoms with Crippen LogP contribution < -0.4 is 14.5 Å². The summed E-state index contributed by atoms with van der Waals surface area (Å²) in [5.74, 6) is 0.0771. The first-order valence-electron chi connectivity index (χ1n) is 17.2. The number of alkyl halides is 3. The number of piperazine rings is 1. The zero-order chi connectivity index (χ0) is 36.3. The number of hydrogen-bond acceptors (Lipinski definition) is 11. The SMILES string of the molecule is CCOc1cc(-c2cc(N(C)CC3(COC)CCCCC3)c3[nH]c(-c4cnc(N5CCN(CC(=O)O)C[C@H]5C)cn4)nc3n2)cc(C(F)(F)F)n1. The zero-order valence-corrected chi connectivity index (χ0v) is 29.3. The lowest BCUT2D eigenvalue weighted by Crippen LogP contribution is -2.53. The number of pyridine rings is 2. The summed E-state index contributed by atoms with van der Waals surface area (Å²) in [6.45, 7) is 6.89. The van der Waals surface area contributed by atoms with Crippen LogP contribution in [0, 0.1) is 5.41 Å². The zero-order valence-electron chi connectivity index (χ0n) is 29.3. The van der Waals surface area contributed by atoms with E-state index in [1.165, 1.54) is 12.5 Å². The molecule has 274 valence electrons. The molecule has 1 aliphatic carbocycles. The molecule has 51 heavy (non-hydrogen) atoms. The second kappa shape index (κ2) is 15.0. The monoisotopic (exact) mass is 711 g/mol. The number of nitrogens with zero attached hydrogens (tertiary/aromatic N) is 8. The van der Waals surface area contributed by atoms with E-state index in [-0.39, 0.29) is 41.7 Å². The third kappa shape index (κ3) is 8.17. The summed E-state index contributed by atoms with van der Waals surface area (Å²) >= 11 is 0. The number of H-pyrrole nitrogens is 1. The van der Waals surface area contributed by atoms with Gasteiger partial charge in [0.15, 0.2) is 11.5 Å². The third-order valence-corrected chi connectivity index (χ3v) is 9.72.